The van der Waals surface area contributed by atoms with Gasteiger partial charge in [-0.3, -0.25) is 9.59 Å². The molecule has 1 atom stereocenters. The predicted molar refractivity (Wildman–Crippen MR) is 92.7 cm³/mol. The molecule has 0 spiro atoms. The zero-order chi connectivity index (χ0) is 19.3. The van der Waals surface area contributed by atoms with E-state index in [1.54, 1.807) is 6.92 Å². The fourth-order valence-corrected chi connectivity index (χ4v) is 2.51. The van der Waals surface area contributed by atoms with Crippen molar-refractivity contribution in [3.8, 4) is 0 Å². The predicted octanol–water partition coefficient (Wildman–Crippen LogP) is 4.56. The average molecular weight is 385 g/mol. The van der Waals surface area contributed by atoms with Gasteiger partial charge in [-0.25, -0.2) is 0 Å². The highest BCUT2D eigenvalue weighted by Crippen LogP contribution is 2.36. The molecule has 0 bridgehead atoms. The van der Waals surface area contributed by atoms with Gasteiger partial charge in [0.15, 0.2) is 0 Å². The van der Waals surface area contributed by atoms with Gasteiger partial charge in [0.1, 0.15) is 6.42 Å². The Morgan fingerprint density at radius 1 is 1.08 bits per heavy atom. The monoisotopic (exact) mass is 384 g/mol. The van der Waals surface area contributed by atoms with Crippen LogP contribution in [-0.2, 0) is 15.8 Å². The van der Waals surface area contributed by atoms with Gasteiger partial charge >= 0.3 is 6.18 Å². The van der Waals surface area contributed by atoms with Crippen LogP contribution in [0.25, 0.3) is 0 Å². The first kappa shape index (κ1) is 19.8. The molecule has 0 aliphatic heterocycles. The van der Waals surface area contributed by atoms with Crippen LogP contribution >= 0.6 is 11.6 Å². The first-order chi connectivity index (χ1) is 12.2. The van der Waals surface area contributed by atoms with Crippen molar-refractivity contribution in [2.24, 2.45) is 0 Å². The van der Waals surface area contributed by atoms with Gasteiger partial charge in [-0.2, -0.15) is 13.2 Å². The summed E-state index contributed by atoms with van der Waals surface area (Å²) in [4.78, 5) is 23.8. The molecule has 26 heavy (non-hydrogen) atoms. The smallest absolute Gasteiger partial charge is 0.349 e. The van der Waals surface area contributed by atoms with Crippen molar-refractivity contribution < 1.29 is 22.8 Å². The highest BCUT2D eigenvalue weighted by molar-refractivity contribution is 6.31. The fourth-order valence-electron chi connectivity index (χ4n) is 2.29. The molecular weight excluding hydrogens is 369 g/mol. The number of carbonyl (C=O) groups excluding carboxylic acids is 2. The number of alkyl halides is 3. The second-order valence-electron chi connectivity index (χ2n) is 5.62. The molecular formula is C18H16ClF3N2O2. The highest BCUT2D eigenvalue weighted by Gasteiger charge is 2.33. The van der Waals surface area contributed by atoms with E-state index in [0.29, 0.717) is 0 Å². The van der Waals surface area contributed by atoms with Crippen LogP contribution in [0, 0.1) is 0 Å². The minimum Gasteiger partial charge on any atom is -0.349 e. The van der Waals surface area contributed by atoms with E-state index in [1.807, 2.05) is 30.3 Å². The quantitative estimate of drug-likeness (QED) is 0.742. The second kappa shape index (κ2) is 8.23. The number of halogens is 4. The number of benzene rings is 2. The number of hydrogen-bond acceptors (Lipinski definition) is 2. The van der Waals surface area contributed by atoms with Crippen molar-refractivity contribution in [3.63, 3.8) is 0 Å². The molecule has 2 aromatic carbocycles. The van der Waals surface area contributed by atoms with Gasteiger partial charge in [-0.15, -0.1) is 0 Å². The molecule has 2 aromatic rings. The van der Waals surface area contributed by atoms with Crippen LogP contribution in [0.1, 0.15) is 30.5 Å². The molecule has 0 saturated heterocycles. The van der Waals surface area contributed by atoms with Crippen molar-refractivity contribution in [3.05, 3.63) is 64.7 Å². The maximum absolute atomic E-state index is 12.8. The Labute approximate surface area is 153 Å². The SMILES string of the molecule is CC(NC(=O)CC(=O)Nc1ccc(Cl)c(C(F)(F)F)c1)c1ccccc1. The minimum absolute atomic E-state index is 0.0874. The number of hydrogen-bond donors (Lipinski definition) is 2. The van der Waals surface area contributed by atoms with E-state index >= 15 is 0 Å². The van der Waals surface area contributed by atoms with Crippen LogP contribution in [0.2, 0.25) is 5.02 Å². The van der Waals surface area contributed by atoms with Gasteiger partial charge in [-0.1, -0.05) is 41.9 Å². The lowest BCUT2D eigenvalue weighted by Crippen LogP contribution is -2.30. The first-order valence-corrected chi connectivity index (χ1v) is 8.05. The summed E-state index contributed by atoms with van der Waals surface area (Å²) >= 11 is 5.52. The van der Waals surface area contributed by atoms with Gasteiger partial charge in [0.2, 0.25) is 11.8 Å². The molecule has 2 rings (SSSR count). The third-order valence-corrected chi connectivity index (χ3v) is 3.88. The Morgan fingerprint density at radius 2 is 1.73 bits per heavy atom. The molecule has 2 N–H and O–H groups in total. The third kappa shape index (κ3) is 5.49. The number of carbonyl (C=O) groups is 2. The molecule has 0 saturated carbocycles. The van der Waals surface area contributed by atoms with Gasteiger partial charge in [0, 0.05) is 5.69 Å². The van der Waals surface area contributed by atoms with Crippen molar-refractivity contribution in [1.29, 1.82) is 0 Å². The third-order valence-electron chi connectivity index (χ3n) is 3.55. The molecule has 4 nitrogen and oxygen atoms in total. The van der Waals surface area contributed by atoms with Crippen molar-refractivity contribution in [1.82, 2.24) is 5.32 Å². The molecule has 0 heterocycles. The molecule has 138 valence electrons. The van der Waals surface area contributed by atoms with Crippen LogP contribution in [0.3, 0.4) is 0 Å². The standard InChI is InChI=1S/C18H16ClF3N2O2/c1-11(12-5-3-2-4-6-12)23-16(25)10-17(26)24-13-7-8-15(19)14(9-13)18(20,21)22/h2-9,11H,10H2,1H3,(H,23,25)(H,24,26). The van der Waals surface area contributed by atoms with Crippen molar-refractivity contribution in [2.75, 3.05) is 5.32 Å². The number of amides is 2. The molecule has 2 amide bonds. The highest BCUT2D eigenvalue weighted by atomic mass is 35.5. The van der Waals surface area contributed by atoms with Gasteiger partial charge in [-0.05, 0) is 30.7 Å². The van der Waals surface area contributed by atoms with E-state index in [0.717, 1.165) is 17.7 Å². The van der Waals surface area contributed by atoms with Gasteiger partial charge in [0.25, 0.3) is 0 Å². The molecule has 0 radical (unpaired) electrons. The number of anilines is 1. The van der Waals surface area contributed by atoms with Crippen molar-refractivity contribution in [2.45, 2.75) is 25.6 Å². The lowest BCUT2D eigenvalue weighted by atomic mass is 10.1. The van der Waals surface area contributed by atoms with E-state index in [2.05, 4.69) is 10.6 Å². The molecule has 0 aliphatic rings. The van der Waals surface area contributed by atoms with Crippen LogP contribution in [0.15, 0.2) is 48.5 Å². The summed E-state index contributed by atoms with van der Waals surface area (Å²) < 4.78 is 38.5. The molecule has 1 unspecified atom stereocenters. The average Bonchev–Trinajstić information content (AvgIpc) is 2.56. The topological polar surface area (TPSA) is 58.2 Å². The maximum Gasteiger partial charge on any atom is 0.417 e. The van der Waals surface area contributed by atoms with E-state index in [9.17, 15) is 22.8 Å². The Morgan fingerprint density at radius 3 is 2.35 bits per heavy atom. The summed E-state index contributed by atoms with van der Waals surface area (Å²) in [6.45, 7) is 1.76. The van der Waals surface area contributed by atoms with E-state index in [-0.39, 0.29) is 11.7 Å². The first-order valence-electron chi connectivity index (χ1n) is 7.67. The molecule has 0 aliphatic carbocycles. The zero-order valence-electron chi connectivity index (χ0n) is 13.7. The molecule has 8 heteroatoms. The van der Waals surface area contributed by atoms with Gasteiger partial charge in [0.05, 0.1) is 16.6 Å². The molecule has 0 fully saturated rings. The minimum atomic E-state index is -4.64. The van der Waals surface area contributed by atoms with Gasteiger partial charge < -0.3 is 10.6 Å². The van der Waals surface area contributed by atoms with Crippen LogP contribution < -0.4 is 10.6 Å². The lowest BCUT2D eigenvalue weighted by molar-refractivity contribution is -0.137. The van der Waals surface area contributed by atoms with Crippen LogP contribution in [0.4, 0.5) is 18.9 Å². The van der Waals surface area contributed by atoms with E-state index in [1.165, 1.54) is 6.07 Å². The Bertz CT molecular complexity index is 795. The van der Waals surface area contributed by atoms with Crippen molar-refractivity contribution >= 4 is 29.1 Å². The zero-order valence-corrected chi connectivity index (χ0v) is 14.5. The summed E-state index contributed by atoms with van der Waals surface area (Å²) in [5.74, 6) is -1.26. The number of rotatable bonds is 5. The maximum atomic E-state index is 12.8. The van der Waals surface area contributed by atoms with E-state index in [4.69, 9.17) is 11.6 Å². The Balaban J connectivity index is 1.95. The summed E-state index contributed by atoms with van der Waals surface area (Å²) in [6.07, 6.45) is -5.15. The molecule has 0 aromatic heterocycles. The summed E-state index contributed by atoms with van der Waals surface area (Å²) in [5.41, 5.74) is -0.275. The summed E-state index contributed by atoms with van der Waals surface area (Å²) in [5, 5.41) is 4.46. The summed E-state index contributed by atoms with van der Waals surface area (Å²) in [7, 11) is 0. The lowest BCUT2D eigenvalue weighted by Gasteiger charge is -2.14. The Hall–Kier alpha value is -2.54. The van der Waals surface area contributed by atoms with E-state index < -0.39 is 35.0 Å². The Kier molecular flexibility index (Phi) is 6.26. The van der Waals surface area contributed by atoms with Crippen LogP contribution in [0.5, 0.6) is 0 Å². The largest absolute Gasteiger partial charge is 0.417 e. The summed E-state index contributed by atoms with van der Waals surface area (Å²) in [6, 6.07) is 11.8. The normalized spacial score (nSPS) is 12.3. The fraction of sp³-hybridized carbons (Fsp3) is 0.222. The van der Waals surface area contributed by atoms with Crippen LogP contribution in [-0.4, -0.2) is 11.8 Å². The number of nitrogens with one attached hydrogen (secondary N) is 2. The second-order valence-corrected chi connectivity index (χ2v) is 6.02.